The summed E-state index contributed by atoms with van der Waals surface area (Å²) in [5.74, 6) is 0.901. The second kappa shape index (κ2) is 13.0. The molecule has 1 atom stereocenters. The third-order valence-electron chi connectivity index (χ3n) is 7.86. The van der Waals surface area contributed by atoms with Crippen LogP contribution in [0.25, 0.3) is 20.9 Å². The molecule has 0 amide bonds. The van der Waals surface area contributed by atoms with Crippen molar-refractivity contribution in [2.75, 3.05) is 23.0 Å². The highest BCUT2D eigenvalue weighted by atomic mass is 32.2. The molecule has 43 heavy (non-hydrogen) atoms. The maximum Gasteiger partial charge on any atom is 0.264 e. The number of nitrogens with zero attached hydrogens (tertiary/aromatic N) is 1. The van der Waals surface area contributed by atoms with Crippen molar-refractivity contribution in [2.24, 2.45) is 5.92 Å². The number of rotatable bonds is 13. The lowest BCUT2D eigenvalue weighted by Crippen LogP contribution is -2.24. The van der Waals surface area contributed by atoms with Gasteiger partial charge in [0.05, 0.1) is 17.2 Å². The van der Waals surface area contributed by atoms with Crippen LogP contribution in [0.15, 0.2) is 66.6 Å². The first-order valence-electron chi connectivity index (χ1n) is 14.5. The predicted molar refractivity (Wildman–Crippen MR) is 174 cm³/mol. The minimum absolute atomic E-state index is 0.116. The first-order valence-corrected chi connectivity index (χ1v) is 18.6. The number of fused-ring (bicyclic) bond motifs is 4. The molecule has 0 saturated heterocycles. The van der Waals surface area contributed by atoms with Crippen LogP contribution in [0.4, 0.5) is 5.69 Å². The van der Waals surface area contributed by atoms with E-state index < -0.39 is 20.2 Å². The molecule has 4 aromatic rings. The third kappa shape index (κ3) is 7.77. The summed E-state index contributed by atoms with van der Waals surface area (Å²) in [5, 5.41) is 3.25. The zero-order chi connectivity index (χ0) is 30.8. The van der Waals surface area contributed by atoms with E-state index in [1.165, 1.54) is 20.5 Å². The van der Waals surface area contributed by atoms with Crippen LogP contribution in [0.2, 0.25) is 0 Å². The largest absolute Gasteiger partial charge is 0.439 e. The average molecular weight is 644 g/mol. The fourth-order valence-corrected chi connectivity index (χ4v) is 8.11. The zero-order valence-corrected chi connectivity index (χ0v) is 26.8. The van der Waals surface area contributed by atoms with Gasteiger partial charge in [-0.15, -0.1) is 11.3 Å². The summed E-state index contributed by atoms with van der Waals surface area (Å²) in [5.41, 5.74) is 3.28. The van der Waals surface area contributed by atoms with Crippen molar-refractivity contribution in [3.05, 3.63) is 82.6 Å². The average Bonchev–Trinajstić information content (AvgIpc) is 3.46. The van der Waals surface area contributed by atoms with Crippen molar-refractivity contribution in [1.82, 2.24) is 0 Å². The Balaban J connectivity index is 1.46. The van der Waals surface area contributed by atoms with Gasteiger partial charge in [-0.1, -0.05) is 55.0 Å². The van der Waals surface area contributed by atoms with Crippen molar-refractivity contribution in [3.8, 4) is 5.75 Å². The summed E-state index contributed by atoms with van der Waals surface area (Å²) in [6.45, 7) is 4.56. The molecule has 0 bridgehead atoms. The van der Waals surface area contributed by atoms with E-state index in [2.05, 4.69) is 38.1 Å². The van der Waals surface area contributed by atoms with Gasteiger partial charge in [0, 0.05) is 21.5 Å². The molecule has 0 radical (unpaired) electrons. The van der Waals surface area contributed by atoms with E-state index in [1.807, 2.05) is 41.3 Å². The van der Waals surface area contributed by atoms with E-state index in [0.29, 0.717) is 31.0 Å². The lowest BCUT2D eigenvalue weighted by atomic mass is 9.95. The number of allylic oxidation sites excluding steroid dienone is 1. The molecule has 0 saturated carbocycles. The molecule has 1 aliphatic heterocycles. The first kappa shape index (κ1) is 31.5. The zero-order valence-electron chi connectivity index (χ0n) is 24.3. The van der Waals surface area contributed by atoms with Crippen molar-refractivity contribution >= 4 is 58.1 Å². The Hall–Kier alpha value is -2.96. The number of hydrogen-bond donors (Lipinski definition) is 2. The maximum absolute atomic E-state index is 11.5. The molecular formula is C32H37NO7S3. The number of anilines is 1. The summed E-state index contributed by atoms with van der Waals surface area (Å²) in [6.07, 6.45) is 5.74. The molecule has 1 aliphatic rings. The lowest BCUT2D eigenvalue weighted by molar-refractivity contribution is 0.425. The summed E-state index contributed by atoms with van der Waals surface area (Å²) in [4.78, 5) is 3.27. The van der Waals surface area contributed by atoms with Gasteiger partial charge in [0.1, 0.15) is 0 Å². The molecule has 0 fully saturated rings. The van der Waals surface area contributed by atoms with Crippen LogP contribution in [-0.2, 0) is 33.1 Å². The second-order valence-corrected chi connectivity index (χ2v) is 15.4. The highest BCUT2D eigenvalue weighted by molar-refractivity contribution is 7.86. The Labute approximate surface area is 257 Å². The number of benzene rings is 3. The smallest absolute Gasteiger partial charge is 0.264 e. The van der Waals surface area contributed by atoms with Crippen LogP contribution in [-0.4, -0.2) is 44.0 Å². The molecule has 1 aromatic heterocycles. The summed E-state index contributed by atoms with van der Waals surface area (Å²) in [7, 11) is -8.08. The highest BCUT2D eigenvalue weighted by Crippen LogP contribution is 2.45. The van der Waals surface area contributed by atoms with Crippen molar-refractivity contribution < 1.29 is 30.7 Å². The minimum atomic E-state index is -4.09. The van der Waals surface area contributed by atoms with Gasteiger partial charge in [0.15, 0.2) is 11.6 Å². The van der Waals surface area contributed by atoms with Crippen LogP contribution < -0.4 is 9.64 Å². The predicted octanol–water partition coefficient (Wildman–Crippen LogP) is 7.16. The standard InChI is InChI=1S/C32H37NO7S3/c1-3-23(20-30-26(11-6-7-17-42(34,35)36)27-19-22(2)12-15-29(27)41-30)21-31-33(16-8-18-43(37,38)39)32-25-10-5-4-9-24(25)13-14-28(32)40-31/h4-5,9-10,12-15,19,21,23H,3,6-8,11,16-18,20H2,1-2H3,(H,34,35,36)(H,37,38,39)/b31-21-. The number of aryl methyl sites for hydroxylation is 2. The van der Waals surface area contributed by atoms with E-state index in [9.17, 15) is 25.9 Å². The fourth-order valence-electron chi connectivity index (χ4n) is 5.72. The monoisotopic (exact) mass is 643 g/mol. The molecule has 5 rings (SSSR count). The molecule has 3 aromatic carbocycles. The van der Waals surface area contributed by atoms with Gasteiger partial charge < -0.3 is 9.64 Å². The highest BCUT2D eigenvalue weighted by Gasteiger charge is 2.29. The van der Waals surface area contributed by atoms with Crippen LogP contribution in [0, 0.1) is 12.8 Å². The fraction of sp³-hybridized carbons (Fsp3) is 0.375. The topological polar surface area (TPSA) is 121 Å². The molecule has 0 spiro atoms. The van der Waals surface area contributed by atoms with Gasteiger partial charge in [-0.25, -0.2) is 0 Å². The van der Waals surface area contributed by atoms with Gasteiger partial charge >= 0.3 is 0 Å². The Bertz CT molecular complexity index is 1880. The molecule has 230 valence electrons. The second-order valence-electron chi connectivity index (χ2n) is 11.2. The van der Waals surface area contributed by atoms with E-state index in [1.54, 1.807) is 11.3 Å². The normalized spacial score (nSPS) is 15.3. The van der Waals surface area contributed by atoms with Crippen LogP contribution in [0.5, 0.6) is 5.75 Å². The Kier molecular flexibility index (Phi) is 9.48. The van der Waals surface area contributed by atoms with Crippen LogP contribution in [0.3, 0.4) is 0 Å². The number of hydrogen-bond acceptors (Lipinski definition) is 7. The number of thiophene rings is 1. The Morgan fingerprint density at radius 2 is 1.67 bits per heavy atom. The Morgan fingerprint density at radius 1 is 0.930 bits per heavy atom. The van der Waals surface area contributed by atoms with Gasteiger partial charge in [-0.2, -0.15) is 16.8 Å². The summed E-state index contributed by atoms with van der Waals surface area (Å²) >= 11 is 1.76. The van der Waals surface area contributed by atoms with Crippen molar-refractivity contribution in [3.63, 3.8) is 0 Å². The molecule has 1 unspecified atom stereocenters. The quantitative estimate of drug-likeness (QED) is 0.116. The van der Waals surface area contributed by atoms with Crippen molar-refractivity contribution in [2.45, 2.75) is 52.4 Å². The van der Waals surface area contributed by atoms with Crippen LogP contribution in [0.1, 0.15) is 48.6 Å². The first-order chi connectivity index (χ1) is 20.4. The molecule has 8 nitrogen and oxygen atoms in total. The number of ether oxygens (including phenoxy) is 1. The van der Waals surface area contributed by atoms with E-state index in [0.717, 1.165) is 41.3 Å². The summed E-state index contributed by atoms with van der Waals surface area (Å²) < 4.78 is 71.6. The molecular weight excluding hydrogens is 607 g/mol. The van der Waals surface area contributed by atoms with Gasteiger partial charge in [-0.05, 0) is 85.9 Å². The molecule has 11 heteroatoms. The van der Waals surface area contributed by atoms with Gasteiger partial charge in [0.2, 0.25) is 0 Å². The lowest BCUT2D eigenvalue weighted by Gasteiger charge is -2.21. The van der Waals surface area contributed by atoms with E-state index >= 15 is 0 Å². The minimum Gasteiger partial charge on any atom is -0.439 e. The van der Waals surface area contributed by atoms with Gasteiger partial charge in [0.25, 0.3) is 20.2 Å². The Morgan fingerprint density at radius 3 is 2.42 bits per heavy atom. The molecule has 2 N–H and O–H groups in total. The third-order valence-corrected chi connectivity index (χ3v) is 10.7. The van der Waals surface area contributed by atoms with Gasteiger partial charge in [-0.3, -0.25) is 9.11 Å². The van der Waals surface area contributed by atoms with E-state index in [4.69, 9.17) is 4.74 Å². The van der Waals surface area contributed by atoms with Crippen molar-refractivity contribution in [1.29, 1.82) is 0 Å². The SMILES string of the molecule is CCC(/C=C1\Oc2ccc3ccccc3c2N1CCCS(=O)(=O)O)Cc1sc2ccc(C)cc2c1CCCCS(=O)(=O)O. The van der Waals surface area contributed by atoms with Crippen LogP contribution >= 0.6 is 11.3 Å². The molecule has 2 heterocycles. The maximum atomic E-state index is 11.5. The van der Waals surface area contributed by atoms with E-state index in [-0.39, 0.29) is 23.8 Å². The number of unbranched alkanes of at least 4 members (excludes halogenated alkanes) is 1. The summed E-state index contributed by atoms with van der Waals surface area (Å²) in [6, 6.07) is 18.4. The molecule has 0 aliphatic carbocycles.